The largest absolute Gasteiger partial charge is 0.352 e. The van der Waals surface area contributed by atoms with Gasteiger partial charge >= 0.3 is 0 Å². The number of nitrogens with one attached hydrogen (secondary N) is 1. The lowest BCUT2D eigenvalue weighted by Crippen LogP contribution is -2.54. The molecule has 0 aliphatic rings. The number of hydrogen-bond donors (Lipinski definition) is 1. The van der Waals surface area contributed by atoms with E-state index in [0.29, 0.717) is 5.69 Å². The highest BCUT2D eigenvalue weighted by Crippen LogP contribution is 2.26. The van der Waals surface area contributed by atoms with E-state index in [-0.39, 0.29) is 29.8 Å². The Morgan fingerprint density at radius 3 is 1.95 bits per heavy atom. The summed E-state index contributed by atoms with van der Waals surface area (Å²) < 4.78 is 29.8. The third-order valence-corrected chi connectivity index (χ3v) is 9.22. The van der Waals surface area contributed by atoms with E-state index in [1.807, 2.05) is 75.4 Å². The highest BCUT2D eigenvalue weighted by molar-refractivity contribution is 9.10. The van der Waals surface area contributed by atoms with Crippen LogP contribution in [0.5, 0.6) is 0 Å². The Morgan fingerprint density at radius 2 is 1.37 bits per heavy atom. The van der Waals surface area contributed by atoms with E-state index in [0.717, 1.165) is 25.5 Å². The van der Waals surface area contributed by atoms with Crippen molar-refractivity contribution in [3.8, 4) is 0 Å². The summed E-state index contributed by atoms with van der Waals surface area (Å²) in [5.41, 5.74) is 3.11. The van der Waals surface area contributed by atoms with Crippen LogP contribution in [-0.2, 0) is 32.6 Å². The fourth-order valence-electron chi connectivity index (χ4n) is 4.68. The molecule has 7 nitrogen and oxygen atoms in total. The number of aryl methyl sites for hydroxylation is 1. The van der Waals surface area contributed by atoms with E-state index in [1.165, 1.54) is 17.0 Å². The van der Waals surface area contributed by atoms with Gasteiger partial charge in [-0.15, -0.1) is 0 Å². The molecule has 0 aromatic heterocycles. The van der Waals surface area contributed by atoms with Crippen molar-refractivity contribution in [2.24, 2.45) is 0 Å². The molecule has 0 saturated carbocycles. The van der Waals surface area contributed by atoms with Crippen LogP contribution in [0.2, 0.25) is 0 Å². The fraction of sp³-hybridized carbons (Fsp3) is 0.235. The van der Waals surface area contributed by atoms with E-state index >= 15 is 0 Å². The molecule has 224 valence electrons. The van der Waals surface area contributed by atoms with Crippen LogP contribution < -0.4 is 9.62 Å². The number of hydrogen-bond acceptors (Lipinski definition) is 4. The molecule has 4 aromatic carbocycles. The highest BCUT2D eigenvalue weighted by Gasteiger charge is 2.34. The van der Waals surface area contributed by atoms with E-state index in [2.05, 4.69) is 21.2 Å². The second-order valence-electron chi connectivity index (χ2n) is 10.7. The first kappa shape index (κ1) is 32.0. The Hall–Kier alpha value is -3.95. The van der Waals surface area contributed by atoms with Crippen LogP contribution in [0.4, 0.5) is 5.69 Å². The summed E-state index contributed by atoms with van der Waals surface area (Å²) in [6.45, 7) is 5.34. The molecule has 0 aliphatic heterocycles. The molecular formula is C34H36BrN3O4S. The van der Waals surface area contributed by atoms with Crippen LogP contribution >= 0.6 is 15.9 Å². The summed E-state index contributed by atoms with van der Waals surface area (Å²) in [4.78, 5) is 29.7. The second kappa shape index (κ2) is 14.5. The average molecular weight is 663 g/mol. The van der Waals surface area contributed by atoms with Gasteiger partial charge in [0.25, 0.3) is 10.0 Å². The minimum atomic E-state index is -4.13. The van der Waals surface area contributed by atoms with E-state index in [9.17, 15) is 18.0 Å². The van der Waals surface area contributed by atoms with Crippen molar-refractivity contribution >= 4 is 43.5 Å². The summed E-state index contributed by atoms with van der Waals surface area (Å²) in [5.74, 6) is -0.803. The van der Waals surface area contributed by atoms with Gasteiger partial charge in [-0.1, -0.05) is 94.3 Å². The van der Waals surface area contributed by atoms with Crippen LogP contribution in [-0.4, -0.2) is 43.8 Å². The zero-order chi connectivity index (χ0) is 31.0. The van der Waals surface area contributed by atoms with Gasteiger partial charge in [0, 0.05) is 23.5 Å². The summed E-state index contributed by atoms with van der Waals surface area (Å²) in [6, 6.07) is 31.0. The number of carbonyl (C=O) groups excluding carboxylic acids is 2. The van der Waals surface area contributed by atoms with E-state index in [1.54, 1.807) is 42.5 Å². The number of carbonyl (C=O) groups is 2. The normalized spacial score (nSPS) is 12.0. The number of halogens is 1. The standard InChI is InChI=1S/C34H36BrN3O4S/c1-25(2)36-34(40)32(22-27-10-6-4-7-11-27)37(23-28-16-14-26(3)15-17-28)33(39)24-38(30-20-18-29(35)19-21-30)43(41,42)31-12-8-5-9-13-31/h4-21,25,32H,22-24H2,1-3H3,(H,36,40). The minimum Gasteiger partial charge on any atom is -0.352 e. The summed E-state index contributed by atoms with van der Waals surface area (Å²) in [5, 5.41) is 2.97. The number of sulfonamides is 1. The van der Waals surface area contributed by atoms with Gasteiger partial charge in [-0.05, 0) is 68.3 Å². The topological polar surface area (TPSA) is 86.8 Å². The number of benzene rings is 4. The molecule has 2 amide bonds. The predicted molar refractivity (Wildman–Crippen MR) is 174 cm³/mol. The Bertz CT molecular complexity index is 1610. The molecular weight excluding hydrogens is 626 g/mol. The predicted octanol–water partition coefficient (Wildman–Crippen LogP) is 6.12. The van der Waals surface area contributed by atoms with Crippen LogP contribution in [0, 0.1) is 6.92 Å². The molecule has 1 N–H and O–H groups in total. The van der Waals surface area contributed by atoms with Crippen LogP contribution in [0.3, 0.4) is 0 Å². The Balaban J connectivity index is 1.79. The maximum atomic E-state index is 14.4. The molecule has 0 saturated heterocycles. The second-order valence-corrected chi connectivity index (χ2v) is 13.5. The molecule has 4 aromatic rings. The highest BCUT2D eigenvalue weighted by atomic mass is 79.9. The number of anilines is 1. The molecule has 1 unspecified atom stereocenters. The summed E-state index contributed by atoms with van der Waals surface area (Å²) >= 11 is 3.40. The van der Waals surface area contributed by atoms with Crippen molar-refractivity contribution in [1.82, 2.24) is 10.2 Å². The number of rotatable bonds is 12. The van der Waals surface area contributed by atoms with Gasteiger partial charge in [0.15, 0.2) is 0 Å². The first-order chi connectivity index (χ1) is 20.5. The molecule has 1 atom stereocenters. The van der Waals surface area contributed by atoms with Crippen molar-refractivity contribution < 1.29 is 18.0 Å². The Morgan fingerprint density at radius 1 is 0.791 bits per heavy atom. The zero-order valence-corrected chi connectivity index (χ0v) is 26.9. The fourth-order valence-corrected chi connectivity index (χ4v) is 6.38. The van der Waals surface area contributed by atoms with Gasteiger partial charge in [-0.3, -0.25) is 13.9 Å². The molecule has 0 bridgehead atoms. The van der Waals surface area contributed by atoms with E-state index in [4.69, 9.17) is 0 Å². The van der Waals surface area contributed by atoms with Crippen molar-refractivity contribution in [3.63, 3.8) is 0 Å². The van der Waals surface area contributed by atoms with Crippen LogP contribution in [0.15, 0.2) is 119 Å². The van der Waals surface area contributed by atoms with Crippen LogP contribution in [0.25, 0.3) is 0 Å². The molecule has 0 fully saturated rings. The van der Waals surface area contributed by atoms with Crippen molar-refractivity contribution in [2.75, 3.05) is 10.8 Å². The van der Waals surface area contributed by atoms with Crippen molar-refractivity contribution in [2.45, 2.75) is 50.7 Å². The molecule has 4 rings (SSSR count). The van der Waals surface area contributed by atoms with Gasteiger partial charge in [0.05, 0.1) is 10.6 Å². The van der Waals surface area contributed by atoms with Crippen molar-refractivity contribution in [3.05, 3.63) is 130 Å². The van der Waals surface area contributed by atoms with Gasteiger partial charge in [-0.2, -0.15) is 0 Å². The number of nitrogens with zero attached hydrogens (tertiary/aromatic N) is 2. The third-order valence-electron chi connectivity index (χ3n) is 6.90. The molecule has 9 heteroatoms. The minimum absolute atomic E-state index is 0.0641. The monoisotopic (exact) mass is 661 g/mol. The number of amides is 2. The van der Waals surface area contributed by atoms with Gasteiger partial charge in [0.1, 0.15) is 12.6 Å². The lowest BCUT2D eigenvalue weighted by molar-refractivity contribution is -0.140. The molecule has 0 spiro atoms. The summed E-state index contributed by atoms with van der Waals surface area (Å²) in [6.07, 6.45) is 0.265. The van der Waals surface area contributed by atoms with Gasteiger partial charge in [-0.25, -0.2) is 8.42 Å². The Labute approximate surface area is 262 Å². The smallest absolute Gasteiger partial charge is 0.264 e. The van der Waals surface area contributed by atoms with Gasteiger partial charge < -0.3 is 10.2 Å². The van der Waals surface area contributed by atoms with Gasteiger partial charge in [0.2, 0.25) is 11.8 Å². The summed E-state index contributed by atoms with van der Waals surface area (Å²) in [7, 11) is -4.13. The first-order valence-electron chi connectivity index (χ1n) is 14.1. The van der Waals surface area contributed by atoms with E-state index < -0.39 is 28.5 Å². The molecule has 0 heterocycles. The first-order valence-corrected chi connectivity index (χ1v) is 16.3. The lowest BCUT2D eigenvalue weighted by atomic mass is 10.0. The average Bonchev–Trinajstić information content (AvgIpc) is 2.99. The SMILES string of the molecule is Cc1ccc(CN(C(=O)CN(c2ccc(Br)cc2)S(=O)(=O)c2ccccc2)C(Cc2ccccc2)C(=O)NC(C)C)cc1. The third kappa shape index (κ3) is 8.55. The molecule has 0 radical (unpaired) electrons. The quantitative estimate of drug-likeness (QED) is 0.198. The maximum Gasteiger partial charge on any atom is 0.264 e. The zero-order valence-electron chi connectivity index (χ0n) is 24.5. The molecule has 0 aliphatic carbocycles. The molecule has 43 heavy (non-hydrogen) atoms. The van der Waals surface area contributed by atoms with Crippen LogP contribution in [0.1, 0.15) is 30.5 Å². The van der Waals surface area contributed by atoms with Crippen molar-refractivity contribution in [1.29, 1.82) is 0 Å². The lowest BCUT2D eigenvalue weighted by Gasteiger charge is -2.34. The Kier molecular flexibility index (Phi) is 10.8. The maximum absolute atomic E-state index is 14.4.